The molecule has 1 aromatic heterocycles. The molecule has 17 heavy (non-hydrogen) atoms. The Kier molecular flexibility index (Phi) is 3.63. The number of hydrogen-bond acceptors (Lipinski definition) is 4. The molecule has 0 spiro atoms. The summed E-state index contributed by atoms with van der Waals surface area (Å²) in [6.45, 7) is 0. The lowest BCUT2D eigenvalue weighted by atomic mass is 10.0. The normalized spacial score (nSPS) is 23.3. The molecular weight excluding hydrogens is 236 g/mol. The molecule has 0 bridgehead atoms. The first-order valence-corrected chi connectivity index (χ1v) is 5.96. The van der Waals surface area contributed by atoms with Gasteiger partial charge in [0.2, 0.25) is 0 Å². The van der Waals surface area contributed by atoms with E-state index in [1.165, 1.54) is 12.4 Å². The van der Waals surface area contributed by atoms with Crippen LogP contribution in [0, 0.1) is 5.92 Å². The summed E-state index contributed by atoms with van der Waals surface area (Å²) in [7, 11) is 0. The highest BCUT2D eigenvalue weighted by molar-refractivity contribution is 7.80. The first-order chi connectivity index (χ1) is 8.18. The molecule has 1 aliphatic carbocycles. The number of rotatable bonds is 3. The Labute approximate surface area is 105 Å². The minimum atomic E-state index is -0.145. The average Bonchev–Trinajstić information content (AvgIpc) is 2.78. The van der Waals surface area contributed by atoms with E-state index in [-0.39, 0.29) is 17.9 Å². The van der Waals surface area contributed by atoms with Crippen LogP contribution in [0.1, 0.15) is 29.6 Å². The Morgan fingerprint density at radius 1 is 1.47 bits per heavy atom. The molecule has 0 aliphatic heterocycles. The third kappa shape index (κ3) is 2.76. The van der Waals surface area contributed by atoms with Gasteiger partial charge in [-0.05, 0) is 18.9 Å². The van der Waals surface area contributed by atoms with Crippen molar-refractivity contribution in [2.24, 2.45) is 11.7 Å². The number of carbonyl (C=O) groups excluding carboxylic acids is 1. The molecule has 2 atom stereocenters. The first kappa shape index (κ1) is 11.9. The number of nitrogens with two attached hydrogens (primary N) is 1. The van der Waals surface area contributed by atoms with Crippen LogP contribution >= 0.6 is 12.2 Å². The molecule has 1 aromatic rings. The van der Waals surface area contributed by atoms with E-state index in [1.807, 2.05) is 0 Å². The number of nitrogens with one attached hydrogen (secondary N) is 1. The average molecular weight is 250 g/mol. The SMILES string of the molecule is NC(=S)C1CCCC1NC(=O)c1ccnnc1. The maximum Gasteiger partial charge on any atom is 0.253 e. The van der Waals surface area contributed by atoms with Crippen LogP contribution in [0.4, 0.5) is 0 Å². The van der Waals surface area contributed by atoms with Crippen LogP contribution in [0.2, 0.25) is 0 Å². The highest BCUT2D eigenvalue weighted by Gasteiger charge is 2.30. The Morgan fingerprint density at radius 3 is 2.94 bits per heavy atom. The van der Waals surface area contributed by atoms with Crippen molar-refractivity contribution < 1.29 is 4.79 Å². The number of amides is 1. The van der Waals surface area contributed by atoms with E-state index in [2.05, 4.69) is 15.5 Å². The number of aromatic nitrogens is 2. The third-order valence-corrected chi connectivity index (χ3v) is 3.35. The summed E-state index contributed by atoms with van der Waals surface area (Å²) in [5.74, 6) is -0.0307. The summed E-state index contributed by atoms with van der Waals surface area (Å²) in [6, 6.07) is 1.68. The summed E-state index contributed by atoms with van der Waals surface area (Å²) in [4.78, 5) is 12.4. The van der Waals surface area contributed by atoms with Crippen molar-refractivity contribution in [3.63, 3.8) is 0 Å². The van der Waals surface area contributed by atoms with Crippen molar-refractivity contribution in [3.05, 3.63) is 24.0 Å². The third-order valence-electron chi connectivity index (χ3n) is 3.04. The second-order valence-corrected chi connectivity index (χ2v) is 4.62. The smallest absolute Gasteiger partial charge is 0.253 e. The number of thiocarbonyl (C=S) groups is 1. The fourth-order valence-corrected chi connectivity index (χ4v) is 2.43. The van der Waals surface area contributed by atoms with E-state index in [9.17, 15) is 4.79 Å². The van der Waals surface area contributed by atoms with Crippen molar-refractivity contribution >= 4 is 23.1 Å². The van der Waals surface area contributed by atoms with Gasteiger partial charge in [0.15, 0.2) is 0 Å². The summed E-state index contributed by atoms with van der Waals surface area (Å²) in [5.41, 5.74) is 6.17. The Morgan fingerprint density at radius 2 is 2.29 bits per heavy atom. The van der Waals surface area contributed by atoms with E-state index in [4.69, 9.17) is 18.0 Å². The van der Waals surface area contributed by atoms with Gasteiger partial charge in [-0.15, -0.1) is 0 Å². The van der Waals surface area contributed by atoms with Gasteiger partial charge in [0.05, 0.1) is 22.9 Å². The monoisotopic (exact) mass is 250 g/mol. The number of carbonyl (C=O) groups is 1. The van der Waals surface area contributed by atoms with Gasteiger partial charge < -0.3 is 11.1 Å². The lowest BCUT2D eigenvalue weighted by Crippen LogP contribution is -2.41. The predicted molar refractivity (Wildman–Crippen MR) is 67.4 cm³/mol. The lowest BCUT2D eigenvalue weighted by molar-refractivity contribution is 0.0933. The minimum absolute atomic E-state index is 0.0492. The van der Waals surface area contributed by atoms with Gasteiger partial charge in [-0.2, -0.15) is 10.2 Å². The molecule has 1 heterocycles. The Bertz CT molecular complexity index is 423. The molecule has 2 unspecified atom stereocenters. The summed E-state index contributed by atoms with van der Waals surface area (Å²) in [5, 5.41) is 10.3. The van der Waals surface area contributed by atoms with Crippen molar-refractivity contribution in [3.8, 4) is 0 Å². The lowest BCUT2D eigenvalue weighted by Gasteiger charge is -2.19. The van der Waals surface area contributed by atoms with Crippen LogP contribution in [0.5, 0.6) is 0 Å². The largest absolute Gasteiger partial charge is 0.393 e. The maximum atomic E-state index is 11.9. The zero-order valence-corrected chi connectivity index (χ0v) is 10.1. The molecule has 90 valence electrons. The summed E-state index contributed by atoms with van der Waals surface area (Å²) in [6.07, 6.45) is 5.86. The van der Waals surface area contributed by atoms with Gasteiger partial charge in [-0.3, -0.25) is 4.79 Å². The minimum Gasteiger partial charge on any atom is -0.393 e. The van der Waals surface area contributed by atoms with Crippen LogP contribution in [-0.4, -0.2) is 27.1 Å². The van der Waals surface area contributed by atoms with Crippen LogP contribution in [0.25, 0.3) is 0 Å². The predicted octanol–water partition coefficient (Wildman–Crippen LogP) is 0.661. The highest BCUT2D eigenvalue weighted by Crippen LogP contribution is 2.26. The van der Waals surface area contributed by atoms with E-state index in [1.54, 1.807) is 6.07 Å². The molecule has 1 fully saturated rings. The quantitative estimate of drug-likeness (QED) is 0.770. The second kappa shape index (κ2) is 5.18. The summed E-state index contributed by atoms with van der Waals surface area (Å²) < 4.78 is 0. The zero-order valence-electron chi connectivity index (χ0n) is 9.30. The van der Waals surface area contributed by atoms with Gasteiger partial charge in [0.25, 0.3) is 5.91 Å². The van der Waals surface area contributed by atoms with Crippen LogP contribution < -0.4 is 11.1 Å². The molecule has 2 rings (SSSR count). The van der Waals surface area contributed by atoms with E-state index < -0.39 is 0 Å². The molecule has 0 saturated heterocycles. The van der Waals surface area contributed by atoms with Crippen molar-refractivity contribution in [2.75, 3.05) is 0 Å². The van der Waals surface area contributed by atoms with Crippen LogP contribution in [0.15, 0.2) is 18.5 Å². The molecule has 1 aliphatic rings. The van der Waals surface area contributed by atoms with Gasteiger partial charge in [0.1, 0.15) is 0 Å². The highest BCUT2D eigenvalue weighted by atomic mass is 32.1. The fourth-order valence-electron chi connectivity index (χ4n) is 2.15. The Hall–Kier alpha value is -1.56. The van der Waals surface area contributed by atoms with E-state index >= 15 is 0 Å². The molecule has 1 saturated carbocycles. The maximum absolute atomic E-state index is 11.9. The van der Waals surface area contributed by atoms with Crippen LogP contribution in [-0.2, 0) is 0 Å². The van der Waals surface area contributed by atoms with Gasteiger partial charge >= 0.3 is 0 Å². The van der Waals surface area contributed by atoms with Crippen molar-refractivity contribution in [2.45, 2.75) is 25.3 Å². The molecule has 0 radical (unpaired) electrons. The van der Waals surface area contributed by atoms with Crippen molar-refractivity contribution in [1.82, 2.24) is 15.5 Å². The first-order valence-electron chi connectivity index (χ1n) is 5.55. The molecular formula is C11H14N4OS. The summed E-state index contributed by atoms with van der Waals surface area (Å²) >= 11 is 5.01. The molecule has 0 aromatic carbocycles. The topological polar surface area (TPSA) is 80.9 Å². The zero-order chi connectivity index (χ0) is 12.3. The number of nitrogens with zero attached hydrogens (tertiary/aromatic N) is 2. The fraction of sp³-hybridized carbons (Fsp3) is 0.455. The van der Waals surface area contributed by atoms with Crippen molar-refractivity contribution in [1.29, 1.82) is 0 Å². The van der Waals surface area contributed by atoms with E-state index in [0.717, 1.165) is 19.3 Å². The molecule has 5 nitrogen and oxygen atoms in total. The van der Waals surface area contributed by atoms with Gasteiger partial charge in [0, 0.05) is 12.0 Å². The van der Waals surface area contributed by atoms with Gasteiger partial charge in [-0.25, -0.2) is 0 Å². The Balaban J connectivity index is 2.02. The second-order valence-electron chi connectivity index (χ2n) is 4.15. The molecule has 1 amide bonds. The van der Waals surface area contributed by atoms with Gasteiger partial charge in [-0.1, -0.05) is 18.6 Å². The van der Waals surface area contributed by atoms with Crippen LogP contribution in [0.3, 0.4) is 0 Å². The van der Waals surface area contributed by atoms with E-state index in [0.29, 0.717) is 10.6 Å². The molecule has 6 heteroatoms. The molecule has 3 N–H and O–H groups in total. The standard InChI is InChI=1S/C11H14N4OS/c12-10(17)8-2-1-3-9(8)15-11(16)7-4-5-13-14-6-7/h4-6,8-9H,1-3H2,(H2,12,17)(H,15,16). The number of hydrogen-bond donors (Lipinski definition) is 2.